The number of benzene rings is 1. The van der Waals surface area contributed by atoms with Crippen LogP contribution in [0.4, 0.5) is 0 Å². The van der Waals surface area contributed by atoms with Crippen LogP contribution < -0.4 is 5.73 Å². The lowest BCUT2D eigenvalue weighted by molar-refractivity contribution is -0.129. The predicted molar refractivity (Wildman–Crippen MR) is 107 cm³/mol. The van der Waals surface area contributed by atoms with Crippen LogP contribution in [0.5, 0.6) is 0 Å². The summed E-state index contributed by atoms with van der Waals surface area (Å²) < 4.78 is 0. The van der Waals surface area contributed by atoms with E-state index in [9.17, 15) is 4.79 Å². The van der Waals surface area contributed by atoms with Gasteiger partial charge in [0.05, 0.1) is 0 Å². The number of oxime groups is 1. The number of halogens is 1. The molecule has 26 heavy (non-hydrogen) atoms. The van der Waals surface area contributed by atoms with E-state index in [1.807, 2.05) is 24.8 Å². The standard InChI is InChI=1S/C20H29N3O2.ClH/c1-20(2)13-17(22-25-20)19(24)23-11-7-6-10-18(23)16(14-21)12-15-8-4-3-5-9-15;/h3-5,8-9,16,18H,6-7,10-14,21H2,1-2H3;1H. The van der Waals surface area contributed by atoms with E-state index in [0.717, 1.165) is 32.2 Å². The SMILES string of the molecule is CC1(C)CC(C(=O)N2CCCCC2C(CN)Cc2ccccc2)=NO1.Cl. The van der Waals surface area contributed by atoms with Gasteiger partial charge in [0, 0.05) is 19.0 Å². The molecule has 2 atom stereocenters. The predicted octanol–water partition coefficient (Wildman–Crippen LogP) is 3.16. The smallest absolute Gasteiger partial charge is 0.272 e. The molecule has 0 bridgehead atoms. The van der Waals surface area contributed by atoms with Gasteiger partial charge in [0.1, 0.15) is 11.3 Å². The maximum Gasteiger partial charge on any atom is 0.272 e. The van der Waals surface area contributed by atoms with E-state index in [1.54, 1.807) is 0 Å². The monoisotopic (exact) mass is 379 g/mol. The minimum atomic E-state index is -0.381. The molecule has 5 nitrogen and oxygen atoms in total. The van der Waals surface area contributed by atoms with Crippen LogP contribution >= 0.6 is 12.4 Å². The van der Waals surface area contributed by atoms with Crippen molar-refractivity contribution >= 4 is 24.0 Å². The molecule has 0 spiro atoms. The van der Waals surface area contributed by atoms with Gasteiger partial charge >= 0.3 is 0 Å². The second kappa shape index (κ2) is 8.87. The summed E-state index contributed by atoms with van der Waals surface area (Å²) >= 11 is 0. The number of amides is 1. The summed E-state index contributed by atoms with van der Waals surface area (Å²) in [7, 11) is 0. The maximum atomic E-state index is 13.0. The lowest BCUT2D eigenvalue weighted by Gasteiger charge is -2.40. The Morgan fingerprint density at radius 1 is 1.35 bits per heavy atom. The summed E-state index contributed by atoms with van der Waals surface area (Å²) in [4.78, 5) is 20.5. The zero-order valence-electron chi connectivity index (χ0n) is 15.7. The highest BCUT2D eigenvalue weighted by atomic mass is 35.5. The Kier molecular flexibility index (Phi) is 7.07. The zero-order valence-corrected chi connectivity index (χ0v) is 16.5. The average Bonchev–Trinajstić information content (AvgIpc) is 3.00. The second-order valence-corrected chi connectivity index (χ2v) is 7.81. The van der Waals surface area contributed by atoms with E-state index in [-0.39, 0.29) is 35.9 Å². The number of likely N-dealkylation sites (tertiary alicyclic amines) is 1. The first-order valence-electron chi connectivity index (χ1n) is 9.30. The normalized spacial score (nSPS) is 22.8. The van der Waals surface area contributed by atoms with Crippen molar-refractivity contribution in [2.75, 3.05) is 13.1 Å². The van der Waals surface area contributed by atoms with Crippen molar-refractivity contribution in [2.45, 2.75) is 57.6 Å². The van der Waals surface area contributed by atoms with Crippen molar-refractivity contribution in [3.8, 4) is 0 Å². The van der Waals surface area contributed by atoms with Crippen LogP contribution in [0.15, 0.2) is 35.5 Å². The summed E-state index contributed by atoms with van der Waals surface area (Å²) in [5, 5.41) is 4.06. The van der Waals surface area contributed by atoms with Crippen LogP contribution in [0.3, 0.4) is 0 Å². The number of rotatable bonds is 5. The van der Waals surface area contributed by atoms with E-state index in [2.05, 4.69) is 29.4 Å². The molecule has 2 aliphatic rings. The fourth-order valence-corrected chi connectivity index (χ4v) is 3.92. The summed E-state index contributed by atoms with van der Waals surface area (Å²) in [5.41, 5.74) is 7.56. The summed E-state index contributed by atoms with van der Waals surface area (Å²) in [5.74, 6) is 0.296. The Hall–Kier alpha value is -1.59. The Balaban J connectivity index is 0.00000243. The second-order valence-electron chi connectivity index (χ2n) is 7.81. The minimum Gasteiger partial charge on any atom is -0.389 e. The first-order chi connectivity index (χ1) is 12.0. The summed E-state index contributed by atoms with van der Waals surface area (Å²) in [6.45, 7) is 5.29. The number of piperidine rings is 1. The Labute approximate surface area is 162 Å². The summed E-state index contributed by atoms with van der Waals surface area (Å²) in [6, 6.07) is 10.6. The number of hydrogen-bond acceptors (Lipinski definition) is 4. The third kappa shape index (κ3) is 4.77. The van der Waals surface area contributed by atoms with Crippen LogP contribution in [-0.2, 0) is 16.1 Å². The van der Waals surface area contributed by atoms with Crippen LogP contribution in [0.25, 0.3) is 0 Å². The maximum absolute atomic E-state index is 13.0. The van der Waals surface area contributed by atoms with Crippen molar-refractivity contribution in [1.29, 1.82) is 0 Å². The lowest BCUT2D eigenvalue weighted by atomic mass is 9.85. The number of nitrogens with zero attached hydrogens (tertiary/aromatic N) is 2. The zero-order chi connectivity index (χ0) is 17.9. The third-order valence-corrected chi connectivity index (χ3v) is 5.24. The molecule has 0 aromatic heterocycles. The van der Waals surface area contributed by atoms with Gasteiger partial charge in [-0.3, -0.25) is 4.79 Å². The van der Waals surface area contributed by atoms with Crippen molar-refractivity contribution in [2.24, 2.45) is 16.8 Å². The molecular weight excluding hydrogens is 350 g/mol. The van der Waals surface area contributed by atoms with Gasteiger partial charge in [-0.15, -0.1) is 12.4 Å². The molecule has 1 aromatic carbocycles. The highest BCUT2D eigenvalue weighted by Gasteiger charge is 2.39. The van der Waals surface area contributed by atoms with Gasteiger partial charge < -0.3 is 15.5 Å². The van der Waals surface area contributed by atoms with E-state index in [1.165, 1.54) is 5.56 Å². The molecule has 6 heteroatoms. The molecule has 2 heterocycles. The highest BCUT2D eigenvalue weighted by Crippen LogP contribution is 2.29. The van der Waals surface area contributed by atoms with Crippen LogP contribution in [0, 0.1) is 5.92 Å². The van der Waals surface area contributed by atoms with Crippen molar-refractivity contribution in [1.82, 2.24) is 4.90 Å². The quantitative estimate of drug-likeness (QED) is 0.854. The highest BCUT2D eigenvalue weighted by molar-refractivity contribution is 6.39. The van der Waals surface area contributed by atoms with Gasteiger partial charge in [-0.25, -0.2) is 0 Å². The number of nitrogens with two attached hydrogens (primary N) is 1. The van der Waals surface area contributed by atoms with E-state index in [4.69, 9.17) is 10.6 Å². The fraction of sp³-hybridized carbons (Fsp3) is 0.600. The molecule has 2 unspecified atom stereocenters. The van der Waals surface area contributed by atoms with Gasteiger partial charge in [-0.1, -0.05) is 35.5 Å². The van der Waals surface area contributed by atoms with E-state index < -0.39 is 0 Å². The van der Waals surface area contributed by atoms with E-state index >= 15 is 0 Å². The molecule has 2 N–H and O–H groups in total. The minimum absolute atomic E-state index is 0. The fourth-order valence-electron chi connectivity index (χ4n) is 3.92. The molecule has 1 fully saturated rings. The Morgan fingerprint density at radius 3 is 2.69 bits per heavy atom. The first-order valence-corrected chi connectivity index (χ1v) is 9.30. The average molecular weight is 380 g/mol. The van der Waals surface area contributed by atoms with Crippen LogP contribution in [-0.4, -0.2) is 41.3 Å². The third-order valence-electron chi connectivity index (χ3n) is 5.24. The number of hydrogen-bond donors (Lipinski definition) is 1. The van der Waals surface area contributed by atoms with Crippen molar-refractivity contribution in [3.63, 3.8) is 0 Å². The molecule has 1 saturated heterocycles. The largest absolute Gasteiger partial charge is 0.389 e. The number of carbonyl (C=O) groups is 1. The van der Waals surface area contributed by atoms with Crippen LogP contribution in [0.1, 0.15) is 45.1 Å². The molecule has 0 aliphatic carbocycles. The van der Waals surface area contributed by atoms with Crippen molar-refractivity contribution in [3.05, 3.63) is 35.9 Å². The molecule has 0 radical (unpaired) electrons. The summed E-state index contributed by atoms with van der Waals surface area (Å²) in [6.07, 6.45) is 4.68. The van der Waals surface area contributed by atoms with Crippen molar-refractivity contribution < 1.29 is 9.63 Å². The van der Waals surface area contributed by atoms with Gasteiger partial charge in [-0.05, 0) is 57.6 Å². The topological polar surface area (TPSA) is 67.9 Å². The molecule has 144 valence electrons. The van der Waals surface area contributed by atoms with E-state index in [0.29, 0.717) is 18.7 Å². The van der Waals surface area contributed by atoms with Gasteiger partial charge in [0.15, 0.2) is 0 Å². The molecular formula is C20H30ClN3O2. The first kappa shape index (κ1) is 20.7. The molecule has 0 saturated carbocycles. The molecule has 2 aliphatic heterocycles. The molecule has 1 aromatic rings. The van der Waals surface area contributed by atoms with Gasteiger partial charge in [0.25, 0.3) is 5.91 Å². The number of carbonyl (C=O) groups excluding carboxylic acids is 1. The Bertz CT molecular complexity index is 633. The molecule has 1 amide bonds. The van der Waals surface area contributed by atoms with Gasteiger partial charge in [0.2, 0.25) is 0 Å². The Morgan fingerprint density at radius 2 is 2.08 bits per heavy atom. The lowest BCUT2D eigenvalue weighted by Crippen LogP contribution is -2.52. The molecule has 3 rings (SSSR count). The van der Waals surface area contributed by atoms with Crippen LogP contribution in [0.2, 0.25) is 0 Å². The van der Waals surface area contributed by atoms with Gasteiger partial charge in [-0.2, -0.15) is 0 Å².